The fourth-order valence-electron chi connectivity index (χ4n) is 1.29. The van der Waals surface area contributed by atoms with Crippen LogP contribution in [0, 0.1) is 11.3 Å². The number of nitrogens with one attached hydrogen (secondary N) is 2. The summed E-state index contributed by atoms with van der Waals surface area (Å²) >= 11 is 0. The average molecular weight is 181 g/mol. The Morgan fingerprint density at radius 2 is 2.54 bits per heavy atom. The molecule has 0 radical (unpaired) electrons. The van der Waals surface area contributed by atoms with E-state index in [1.165, 1.54) is 0 Å². The van der Waals surface area contributed by atoms with Crippen molar-refractivity contribution >= 4 is 0 Å². The van der Waals surface area contributed by atoms with Gasteiger partial charge >= 0.3 is 0 Å². The van der Waals surface area contributed by atoms with Gasteiger partial charge in [-0.25, -0.2) is 0 Å². The number of hydrogen-bond acceptors (Lipinski definition) is 4. The first kappa shape index (κ1) is 10.2. The van der Waals surface area contributed by atoms with E-state index in [1.54, 1.807) is 6.08 Å². The van der Waals surface area contributed by atoms with Crippen molar-refractivity contribution in [3.63, 3.8) is 0 Å². The predicted octanol–water partition coefficient (Wildman–Crippen LogP) is 0.338. The van der Waals surface area contributed by atoms with Crippen molar-refractivity contribution in [1.82, 2.24) is 10.8 Å². The van der Waals surface area contributed by atoms with Crippen LogP contribution in [0.1, 0.15) is 12.8 Å². The molecule has 0 spiro atoms. The molecule has 1 saturated heterocycles. The molecule has 1 aliphatic rings. The van der Waals surface area contributed by atoms with Gasteiger partial charge in [0.2, 0.25) is 0 Å². The quantitative estimate of drug-likeness (QED) is 0.373. The lowest BCUT2D eigenvalue weighted by molar-refractivity contribution is 0.0270. The molecule has 0 saturated carbocycles. The minimum absolute atomic E-state index is 0.0115. The number of nitriles is 1. The zero-order valence-corrected chi connectivity index (χ0v) is 7.62. The van der Waals surface area contributed by atoms with Crippen molar-refractivity contribution in [3.05, 3.63) is 12.7 Å². The molecule has 2 N–H and O–H groups in total. The van der Waals surface area contributed by atoms with Crippen LogP contribution in [0.2, 0.25) is 0 Å². The molecule has 4 heteroatoms. The van der Waals surface area contributed by atoms with Gasteiger partial charge in [-0.3, -0.25) is 4.84 Å². The SMILES string of the molecule is C=CCON[C@@H]1CC[C@@H](C#N)NC1. The van der Waals surface area contributed by atoms with Crippen molar-refractivity contribution in [2.45, 2.75) is 24.9 Å². The molecule has 0 bridgehead atoms. The van der Waals surface area contributed by atoms with Crippen LogP contribution in [-0.4, -0.2) is 25.2 Å². The summed E-state index contributed by atoms with van der Waals surface area (Å²) in [6.07, 6.45) is 3.55. The van der Waals surface area contributed by atoms with E-state index in [2.05, 4.69) is 23.4 Å². The maximum Gasteiger partial charge on any atom is 0.0954 e. The standard InChI is InChI=1S/C9H15N3O/c1-2-5-13-12-9-4-3-8(6-10)11-7-9/h2,8-9,11-12H,1,3-5,7H2/t8-,9+/m0/s1. The second kappa shape index (κ2) is 5.70. The zero-order chi connectivity index (χ0) is 9.52. The highest BCUT2D eigenvalue weighted by Gasteiger charge is 2.19. The molecule has 0 aromatic rings. The molecule has 13 heavy (non-hydrogen) atoms. The summed E-state index contributed by atoms with van der Waals surface area (Å²) in [7, 11) is 0. The summed E-state index contributed by atoms with van der Waals surface area (Å²) in [6, 6.07) is 2.52. The monoisotopic (exact) mass is 181 g/mol. The molecular formula is C9H15N3O. The highest BCUT2D eigenvalue weighted by molar-refractivity contribution is 4.94. The minimum Gasteiger partial charge on any atom is -0.300 e. The van der Waals surface area contributed by atoms with Crippen LogP contribution < -0.4 is 10.8 Å². The average Bonchev–Trinajstić information content (AvgIpc) is 2.19. The number of hydrogen-bond donors (Lipinski definition) is 2. The van der Waals surface area contributed by atoms with E-state index in [0.29, 0.717) is 12.6 Å². The molecule has 1 aliphatic heterocycles. The molecule has 0 aliphatic carbocycles. The Hall–Kier alpha value is -0.890. The lowest BCUT2D eigenvalue weighted by Gasteiger charge is -2.26. The molecular weight excluding hydrogens is 166 g/mol. The number of nitrogens with zero attached hydrogens (tertiary/aromatic N) is 1. The molecule has 0 aromatic heterocycles. The normalized spacial score (nSPS) is 27.9. The first-order valence-electron chi connectivity index (χ1n) is 4.48. The third kappa shape index (κ3) is 3.55. The van der Waals surface area contributed by atoms with Crippen molar-refractivity contribution < 1.29 is 4.84 Å². The van der Waals surface area contributed by atoms with Crippen LogP contribution in [0.4, 0.5) is 0 Å². The second-order valence-corrected chi connectivity index (χ2v) is 3.08. The highest BCUT2D eigenvalue weighted by atomic mass is 16.6. The molecule has 72 valence electrons. The number of hydroxylamine groups is 1. The van der Waals surface area contributed by atoms with Crippen LogP contribution in [-0.2, 0) is 4.84 Å². The zero-order valence-electron chi connectivity index (χ0n) is 7.62. The predicted molar refractivity (Wildman–Crippen MR) is 49.7 cm³/mol. The van der Waals surface area contributed by atoms with E-state index in [-0.39, 0.29) is 6.04 Å². The maximum atomic E-state index is 8.61. The molecule has 2 atom stereocenters. The van der Waals surface area contributed by atoms with Gasteiger partial charge in [0.05, 0.1) is 18.7 Å². The van der Waals surface area contributed by atoms with Crippen molar-refractivity contribution in [3.8, 4) is 6.07 Å². The van der Waals surface area contributed by atoms with Crippen LogP contribution >= 0.6 is 0 Å². The van der Waals surface area contributed by atoms with Gasteiger partial charge in [0.25, 0.3) is 0 Å². The summed E-state index contributed by atoms with van der Waals surface area (Å²) < 4.78 is 0. The van der Waals surface area contributed by atoms with E-state index >= 15 is 0 Å². The van der Waals surface area contributed by atoms with Crippen LogP contribution in [0.15, 0.2) is 12.7 Å². The fraction of sp³-hybridized carbons (Fsp3) is 0.667. The van der Waals surface area contributed by atoms with Gasteiger partial charge in [0, 0.05) is 12.6 Å². The van der Waals surface area contributed by atoms with Gasteiger partial charge in [-0.15, -0.1) is 6.58 Å². The van der Waals surface area contributed by atoms with Gasteiger partial charge in [0.15, 0.2) is 0 Å². The lowest BCUT2D eigenvalue weighted by Crippen LogP contribution is -2.47. The lowest BCUT2D eigenvalue weighted by atomic mass is 10.0. The first-order valence-corrected chi connectivity index (χ1v) is 4.48. The van der Waals surface area contributed by atoms with Gasteiger partial charge in [-0.2, -0.15) is 10.7 Å². The fourth-order valence-corrected chi connectivity index (χ4v) is 1.29. The second-order valence-electron chi connectivity index (χ2n) is 3.08. The summed E-state index contributed by atoms with van der Waals surface area (Å²) in [5.41, 5.74) is 2.92. The third-order valence-corrected chi connectivity index (χ3v) is 2.02. The number of rotatable bonds is 4. The Labute approximate surface area is 78.5 Å². The van der Waals surface area contributed by atoms with E-state index < -0.39 is 0 Å². The summed E-state index contributed by atoms with van der Waals surface area (Å²) in [5.74, 6) is 0. The van der Waals surface area contributed by atoms with Crippen LogP contribution in [0.5, 0.6) is 0 Å². The molecule has 0 aromatic carbocycles. The van der Waals surface area contributed by atoms with E-state index in [9.17, 15) is 0 Å². The molecule has 0 amide bonds. The Morgan fingerprint density at radius 3 is 3.08 bits per heavy atom. The molecule has 4 nitrogen and oxygen atoms in total. The third-order valence-electron chi connectivity index (χ3n) is 2.02. The minimum atomic E-state index is 0.0115. The van der Waals surface area contributed by atoms with Gasteiger partial charge < -0.3 is 5.32 Å². The van der Waals surface area contributed by atoms with Gasteiger partial charge in [-0.05, 0) is 12.8 Å². The smallest absolute Gasteiger partial charge is 0.0954 e. The summed E-state index contributed by atoms with van der Waals surface area (Å²) in [5, 5.41) is 11.7. The van der Waals surface area contributed by atoms with Crippen molar-refractivity contribution in [2.75, 3.05) is 13.2 Å². The molecule has 1 rings (SSSR count). The van der Waals surface area contributed by atoms with Crippen LogP contribution in [0.25, 0.3) is 0 Å². The molecule has 1 heterocycles. The summed E-state index contributed by atoms with van der Waals surface area (Å²) in [6.45, 7) is 4.84. The largest absolute Gasteiger partial charge is 0.300 e. The highest BCUT2D eigenvalue weighted by Crippen LogP contribution is 2.06. The molecule has 0 unspecified atom stereocenters. The Bertz CT molecular complexity index is 192. The van der Waals surface area contributed by atoms with Crippen LogP contribution in [0.3, 0.4) is 0 Å². The van der Waals surface area contributed by atoms with E-state index in [4.69, 9.17) is 10.1 Å². The van der Waals surface area contributed by atoms with Crippen molar-refractivity contribution in [2.24, 2.45) is 0 Å². The maximum absolute atomic E-state index is 8.61. The summed E-state index contributed by atoms with van der Waals surface area (Å²) in [4.78, 5) is 5.10. The Kier molecular flexibility index (Phi) is 4.47. The van der Waals surface area contributed by atoms with E-state index in [1.807, 2.05) is 0 Å². The van der Waals surface area contributed by atoms with Gasteiger partial charge in [0.1, 0.15) is 0 Å². The van der Waals surface area contributed by atoms with Gasteiger partial charge in [-0.1, -0.05) is 6.08 Å². The molecule has 1 fully saturated rings. The number of piperidine rings is 1. The van der Waals surface area contributed by atoms with Crippen molar-refractivity contribution in [1.29, 1.82) is 5.26 Å². The van der Waals surface area contributed by atoms with E-state index in [0.717, 1.165) is 19.4 Å². The topological polar surface area (TPSA) is 57.1 Å². The first-order chi connectivity index (χ1) is 6.36. The Balaban J connectivity index is 2.11. The Morgan fingerprint density at radius 1 is 1.69 bits per heavy atom.